The number of rotatable bonds is 4. The number of amides is 1. The van der Waals surface area contributed by atoms with Gasteiger partial charge in [0.05, 0.1) is 32.4 Å². The van der Waals surface area contributed by atoms with E-state index >= 15 is 0 Å². The highest BCUT2D eigenvalue weighted by molar-refractivity contribution is 5.83. The summed E-state index contributed by atoms with van der Waals surface area (Å²) in [7, 11) is 3.25. The molecule has 0 N–H and O–H groups in total. The molecular formula is C22H23N3O3. The lowest BCUT2D eigenvalue weighted by atomic mass is 9.98. The van der Waals surface area contributed by atoms with Gasteiger partial charge < -0.3 is 19.3 Å². The molecule has 6 heteroatoms. The summed E-state index contributed by atoms with van der Waals surface area (Å²) in [5.74, 6) is 1.52. The Labute approximate surface area is 164 Å². The van der Waals surface area contributed by atoms with Crippen molar-refractivity contribution in [1.29, 1.82) is 5.26 Å². The summed E-state index contributed by atoms with van der Waals surface area (Å²) < 4.78 is 10.8. The van der Waals surface area contributed by atoms with E-state index in [-0.39, 0.29) is 5.91 Å². The average Bonchev–Trinajstić information content (AvgIpc) is 3.15. The Morgan fingerprint density at radius 2 is 1.86 bits per heavy atom. The number of nitriles is 1. The van der Waals surface area contributed by atoms with Crippen molar-refractivity contribution in [1.82, 2.24) is 4.90 Å². The molecule has 2 aliphatic heterocycles. The maximum absolute atomic E-state index is 13.0. The molecule has 4 rings (SSSR count). The van der Waals surface area contributed by atoms with Gasteiger partial charge in [0.15, 0.2) is 11.5 Å². The molecule has 2 aliphatic rings. The Bertz CT molecular complexity index is 964. The van der Waals surface area contributed by atoms with Crippen LogP contribution in [0.15, 0.2) is 30.3 Å². The first kappa shape index (κ1) is 18.2. The zero-order valence-electron chi connectivity index (χ0n) is 16.2. The fourth-order valence-electron chi connectivity index (χ4n) is 4.13. The fourth-order valence-corrected chi connectivity index (χ4v) is 4.13. The van der Waals surface area contributed by atoms with Gasteiger partial charge in [-0.25, -0.2) is 0 Å². The van der Waals surface area contributed by atoms with Gasteiger partial charge in [-0.1, -0.05) is 6.07 Å². The minimum atomic E-state index is 0.107. The van der Waals surface area contributed by atoms with Crippen LogP contribution in [0.5, 0.6) is 11.5 Å². The highest BCUT2D eigenvalue weighted by Crippen LogP contribution is 2.34. The molecule has 2 aromatic rings. The monoisotopic (exact) mass is 377 g/mol. The Balaban J connectivity index is 1.49. The van der Waals surface area contributed by atoms with Gasteiger partial charge >= 0.3 is 0 Å². The first-order chi connectivity index (χ1) is 13.6. The van der Waals surface area contributed by atoms with E-state index in [0.29, 0.717) is 30.9 Å². The van der Waals surface area contributed by atoms with E-state index in [1.54, 1.807) is 14.2 Å². The summed E-state index contributed by atoms with van der Waals surface area (Å²) in [5.41, 5.74) is 5.08. The third-order valence-electron chi connectivity index (χ3n) is 5.64. The predicted molar refractivity (Wildman–Crippen MR) is 106 cm³/mol. The molecule has 0 saturated heterocycles. The van der Waals surface area contributed by atoms with Crippen molar-refractivity contribution in [3.8, 4) is 17.6 Å². The number of hydrogen-bond acceptors (Lipinski definition) is 5. The van der Waals surface area contributed by atoms with Crippen molar-refractivity contribution in [3.63, 3.8) is 0 Å². The lowest BCUT2D eigenvalue weighted by Gasteiger charge is -2.31. The summed E-state index contributed by atoms with van der Waals surface area (Å²) in [4.78, 5) is 17.0. The molecule has 144 valence electrons. The molecule has 0 fully saturated rings. The molecule has 6 nitrogen and oxygen atoms in total. The Hall–Kier alpha value is -3.20. The third-order valence-corrected chi connectivity index (χ3v) is 5.64. The van der Waals surface area contributed by atoms with Crippen molar-refractivity contribution in [2.45, 2.75) is 19.4 Å². The second-order valence-corrected chi connectivity index (χ2v) is 7.13. The van der Waals surface area contributed by atoms with E-state index < -0.39 is 0 Å². The Morgan fingerprint density at radius 3 is 2.57 bits per heavy atom. The van der Waals surface area contributed by atoms with Crippen LogP contribution in [0.4, 0.5) is 5.69 Å². The number of fused-ring (bicyclic) bond motifs is 2. The number of methoxy groups -OCH3 is 2. The molecule has 0 aromatic heterocycles. The van der Waals surface area contributed by atoms with Gasteiger partial charge in [-0.2, -0.15) is 5.26 Å². The Kier molecular flexibility index (Phi) is 4.82. The lowest BCUT2D eigenvalue weighted by molar-refractivity contribution is -0.130. The first-order valence-corrected chi connectivity index (χ1v) is 9.43. The van der Waals surface area contributed by atoms with Crippen LogP contribution < -0.4 is 14.4 Å². The highest BCUT2D eigenvalue weighted by atomic mass is 16.5. The molecule has 0 atom stereocenters. The van der Waals surface area contributed by atoms with Crippen LogP contribution in [0.3, 0.4) is 0 Å². The number of carbonyl (C=O) groups is 1. The molecule has 28 heavy (non-hydrogen) atoms. The standard InChI is InChI=1S/C22H23N3O3/c1-27-20-10-15-6-8-25(13-17(15)11-21(20)28-2)22(26)14-24-9-7-18-16(12-23)4-3-5-19(18)24/h3-5,10-11H,6-9,13-14H2,1-2H3. The van der Waals surface area contributed by atoms with Gasteiger partial charge in [0.2, 0.25) is 5.91 Å². The van der Waals surface area contributed by atoms with Gasteiger partial charge in [-0.15, -0.1) is 0 Å². The Morgan fingerprint density at radius 1 is 1.11 bits per heavy atom. The van der Waals surface area contributed by atoms with Crippen molar-refractivity contribution < 1.29 is 14.3 Å². The fraction of sp³-hybridized carbons (Fsp3) is 0.364. The molecule has 0 radical (unpaired) electrons. The van der Waals surface area contributed by atoms with Crippen LogP contribution in [-0.4, -0.2) is 44.7 Å². The predicted octanol–water partition coefficient (Wildman–Crippen LogP) is 2.52. The average molecular weight is 377 g/mol. The van der Waals surface area contributed by atoms with Crippen molar-refractivity contribution in [2.24, 2.45) is 0 Å². The van der Waals surface area contributed by atoms with E-state index in [9.17, 15) is 10.1 Å². The second kappa shape index (κ2) is 7.43. The SMILES string of the molecule is COc1cc2c(cc1OC)CN(C(=O)CN1CCc3c(C#N)cccc31)CC2. The van der Waals surface area contributed by atoms with Crippen LogP contribution in [0.25, 0.3) is 0 Å². The summed E-state index contributed by atoms with van der Waals surface area (Å²) in [6, 6.07) is 12.0. The quantitative estimate of drug-likeness (QED) is 0.819. The smallest absolute Gasteiger partial charge is 0.242 e. The molecule has 0 bridgehead atoms. The summed E-state index contributed by atoms with van der Waals surface area (Å²) >= 11 is 0. The van der Waals surface area contributed by atoms with Gasteiger partial charge in [0.1, 0.15) is 0 Å². The normalized spacial score (nSPS) is 14.9. The maximum atomic E-state index is 13.0. The van der Waals surface area contributed by atoms with E-state index in [0.717, 1.165) is 42.0 Å². The van der Waals surface area contributed by atoms with E-state index in [1.807, 2.05) is 35.2 Å². The van der Waals surface area contributed by atoms with Gasteiger partial charge in [-0.3, -0.25) is 4.79 Å². The first-order valence-electron chi connectivity index (χ1n) is 9.43. The zero-order valence-corrected chi connectivity index (χ0v) is 16.2. The van der Waals surface area contributed by atoms with E-state index in [4.69, 9.17) is 9.47 Å². The van der Waals surface area contributed by atoms with Crippen molar-refractivity contribution >= 4 is 11.6 Å². The van der Waals surface area contributed by atoms with Crippen LogP contribution in [-0.2, 0) is 24.2 Å². The molecule has 2 heterocycles. The molecule has 1 amide bonds. The van der Waals surface area contributed by atoms with Crippen molar-refractivity contribution in [3.05, 3.63) is 52.6 Å². The summed E-state index contributed by atoms with van der Waals surface area (Å²) in [5, 5.41) is 9.28. The minimum absolute atomic E-state index is 0.107. The van der Waals surface area contributed by atoms with Gasteiger partial charge in [0, 0.05) is 25.3 Å². The number of carbonyl (C=O) groups excluding carboxylic acids is 1. The van der Waals surface area contributed by atoms with Crippen molar-refractivity contribution in [2.75, 3.05) is 38.8 Å². The maximum Gasteiger partial charge on any atom is 0.242 e. The number of ether oxygens (including phenoxy) is 2. The highest BCUT2D eigenvalue weighted by Gasteiger charge is 2.27. The van der Waals surface area contributed by atoms with Crippen LogP contribution in [0, 0.1) is 11.3 Å². The zero-order chi connectivity index (χ0) is 19.7. The molecule has 2 aromatic carbocycles. The number of hydrogen-bond donors (Lipinski definition) is 0. The number of benzene rings is 2. The lowest BCUT2D eigenvalue weighted by Crippen LogP contribution is -2.42. The van der Waals surface area contributed by atoms with E-state index in [2.05, 4.69) is 11.0 Å². The van der Waals surface area contributed by atoms with E-state index in [1.165, 1.54) is 5.56 Å². The van der Waals surface area contributed by atoms with Crippen LogP contribution in [0.2, 0.25) is 0 Å². The number of anilines is 1. The molecule has 0 saturated carbocycles. The summed E-state index contributed by atoms with van der Waals surface area (Å²) in [6.07, 6.45) is 1.61. The largest absolute Gasteiger partial charge is 0.493 e. The number of nitrogens with zero attached hydrogens (tertiary/aromatic N) is 3. The van der Waals surface area contributed by atoms with Crippen LogP contribution >= 0.6 is 0 Å². The van der Waals surface area contributed by atoms with Crippen LogP contribution in [0.1, 0.15) is 22.3 Å². The molecule has 0 aliphatic carbocycles. The minimum Gasteiger partial charge on any atom is -0.493 e. The van der Waals surface area contributed by atoms with Gasteiger partial charge in [-0.05, 0) is 53.8 Å². The molecule has 0 spiro atoms. The third kappa shape index (κ3) is 3.13. The topological polar surface area (TPSA) is 65.8 Å². The van der Waals surface area contributed by atoms with Gasteiger partial charge in [0.25, 0.3) is 0 Å². The summed E-state index contributed by atoms with van der Waals surface area (Å²) in [6.45, 7) is 2.38. The molecule has 0 unspecified atom stereocenters. The molecular weight excluding hydrogens is 354 g/mol. The second-order valence-electron chi connectivity index (χ2n) is 7.13.